The predicted molar refractivity (Wildman–Crippen MR) is 75.4 cm³/mol. The molecule has 0 atom stereocenters. The number of carbonyl (C=O) groups is 1. The maximum absolute atomic E-state index is 11.8. The van der Waals surface area contributed by atoms with Gasteiger partial charge in [-0.15, -0.1) is 0 Å². The minimum absolute atomic E-state index is 0.115. The van der Waals surface area contributed by atoms with Crippen LogP contribution in [0.15, 0.2) is 28.2 Å². The number of halogens is 1. The summed E-state index contributed by atoms with van der Waals surface area (Å²) in [6.07, 6.45) is 3.57. The summed E-state index contributed by atoms with van der Waals surface area (Å²) in [5, 5.41) is 11.8. The fraction of sp³-hybridized carbons (Fsp3) is 0.286. The van der Waals surface area contributed by atoms with Crippen LogP contribution in [0, 0.1) is 11.3 Å². The molecule has 1 aliphatic rings. The molecule has 0 unspecified atom stereocenters. The molecule has 1 amide bonds. The highest BCUT2D eigenvalue weighted by molar-refractivity contribution is 9.10. The molecule has 0 saturated heterocycles. The molecule has 0 spiro atoms. The van der Waals surface area contributed by atoms with Crippen molar-refractivity contribution in [2.45, 2.75) is 18.9 Å². The largest absolute Gasteiger partial charge is 0.496 e. The molecule has 1 saturated carbocycles. The van der Waals surface area contributed by atoms with Crippen LogP contribution in [0.2, 0.25) is 0 Å². The first-order valence-corrected chi connectivity index (χ1v) is 6.69. The van der Waals surface area contributed by atoms with Gasteiger partial charge in [0.25, 0.3) is 5.91 Å². The van der Waals surface area contributed by atoms with E-state index in [0.29, 0.717) is 5.75 Å². The Bertz CT molecular complexity index is 571. The Kier molecular flexibility index (Phi) is 4.23. The van der Waals surface area contributed by atoms with Crippen LogP contribution in [0.5, 0.6) is 5.75 Å². The van der Waals surface area contributed by atoms with Gasteiger partial charge in [-0.2, -0.15) is 5.26 Å². The van der Waals surface area contributed by atoms with Crippen LogP contribution in [-0.2, 0) is 4.79 Å². The van der Waals surface area contributed by atoms with Crippen LogP contribution >= 0.6 is 15.9 Å². The van der Waals surface area contributed by atoms with E-state index in [2.05, 4.69) is 21.2 Å². The molecule has 0 heterocycles. The molecule has 19 heavy (non-hydrogen) atoms. The molecule has 1 fully saturated rings. The lowest BCUT2D eigenvalue weighted by Crippen LogP contribution is -2.26. The van der Waals surface area contributed by atoms with Crippen molar-refractivity contribution in [1.29, 1.82) is 5.26 Å². The number of methoxy groups -OCH3 is 1. The average molecular weight is 321 g/mol. The van der Waals surface area contributed by atoms with Crippen molar-refractivity contribution in [3.63, 3.8) is 0 Å². The fourth-order valence-electron chi connectivity index (χ4n) is 1.58. The van der Waals surface area contributed by atoms with E-state index in [1.807, 2.05) is 6.07 Å². The first kappa shape index (κ1) is 13.6. The van der Waals surface area contributed by atoms with Crippen molar-refractivity contribution in [2.24, 2.45) is 0 Å². The SMILES string of the molecule is COc1ccc(/C=C(\C#N)C(=O)NC2CC2)cc1Br. The summed E-state index contributed by atoms with van der Waals surface area (Å²) in [5.74, 6) is 0.398. The van der Waals surface area contributed by atoms with E-state index in [4.69, 9.17) is 10.00 Å². The summed E-state index contributed by atoms with van der Waals surface area (Å²) >= 11 is 3.37. The molecule has 4 nitrogen and oxygen atoms in total. The molecular weight excluding hydrogens is 308 g/mol. The van der Waals surface area contributed by atoms with E-state index >= 15 is 0 Å². The van der Waals surface area contributed by atoms with Gasteiger partial charge in [0.2, 0.25) is 0 Å². The first-order chi connectivity index (χ1) is 9.13. The first-order valence-electron chi connectivity index (χ1n) is 5.90. The van der Waals surface area contributed by atoms with E-state index in [0.717, 1.165) is 22.9 Å². The lowest BCUT2D eigenvalue weighted by atomic mass is 10.1. The molecule has 2 rings (SSSR count). The summed E-state index contributed by atoms with van der Waals surface area (Å²) in [7, 11) is 1.58. The van der Waals surface area contributed by atoms with Crippen LogP contribution in [0.3, 0.4) is 0 Å². The second kappa shape index (κ2) is 5.89. The van der Waals surface area contributed by atoms with E-state index < -0.39 is 0 Å². The Morgan fingerprint density at radius 3 is 2.84 bits per heavy atom. The minimum atomic E-state index is -0.308. The van der Waals surface area contributed by atoms with Gasteiger partial charge in [0.05, 0.1) is 11.6 Å². The highest BCUT2D eigenvalue weighted by atomic mass is 79.9. The molecular formula is C14H13BrN2O2. The van der Waals surface area contributed by atoms with E-state index in [1.165, 1.54) is 0 Å². The van der Waals surface area contributed by atoms with Crippen LogP contribution < -0.4 is 10.1 Å². The highest BCUT2D eigenvalue weighted by Gasteiger charge is 2.24. The third kappa shape index (κ3) is 3.58. The van der Waals surface area contributed by atoms with Crippen LogP contribution in [0.4, 0.5) is 0 Å². The highest BCUT2D eigenvalue weighted by Crippen LogP contribution is 2.26. The maximum atomic E-state index is 11.8. The molecule has 0 radical (unpaired) electrons. The van der Waals surface area contributed by atoms with Crippen molar-refractivity contribution < 1.29 is 9.53 Å². The predicted octanol–water partition coefficient (Wildman–Crippen LogP) is 2.64. The number of rotatable bonds is 4. The van der Waals surface area contributed by atoms with Gasteiger partial charge in [0, 0.05) is 6.04 Å². The summed E-state index contributed by atoms with van der Waals surface area (Å²) < 4.78 is 5.91. The van der Waals surface area contributed by atoms with Crippen molar-refractivity contribution in [3.05, 3.63) is 33.8 Å². The summed E-state index contributed by atoms with van der Waals surface area (Å²) in [6, 6.07) is 7.56. The average Bonchev–Trinajstić information content (AvgIpc) is 3.20. The van der Waals surface area contributed by atoms with Gasteiger partial charge in [-0.1, -0.05) is 6.07 Å². The zero-order chi connectivity index (χ0) is 13.8. The molecule has 5 heteroatoms. The van der Waals surface area contributed by atoms with Crippen molar-refractivity contribution >= 4 is 27.9 Å². The smallest absolute Gasteiger partial charge is 0.262 e. The second-order valence-corrected chi connectivity index (χ2v) is 5.17. The zero-order valence-corrected chi connectivity index (χ0v) is 12.0. The number of benzene rings is 1. The standard InChI is InChI=1S/C14H13BrN2O2/c1-19-13-5-2-9(7-12(13)15)6-10(8-16)14(18)17-11-3-4-11/h2,5-7,11H,3-4H2,1H3,(H,17,18)/b10-6+. The monoisotopic (exact) mass is 320 g/mol. The number of nitrogens with one attached hydrogen (secondary N) is 1. The van der Waals surface area contributed by atoms with Gasteiger partial charge in [0.15, 0.2) is 0 Å². The molecule has 0 bridgehead atoms. The molecule has 1 N–H and O–H groups in total. The molecule has 1 aliphatic carbocycles. The second-order valence-electron chi connectivity index (χ2n) is 4.31. The van der Waals surface area contributed by atoms with Gasteiger partial charge in [-0.05, 0) is 52.5 Å². The van der Waals surface area contributed by atoms with Crippen LogP contribution in [0.1, 0.15) is 18.4 Å². The molecule has 98 valence electrons. The summed E-state index contributed by atoms with van der Waals surface area (Å²) in [6.45, 7) is 0. The number of carbonyl (C=O) groups excluding carboxylic acids is 1. The molecule has 1 aromatic carbocycles. The van der Waals surface area contributed by atoms with Crippen molar-refractivity contribution in [3.8, 4) is 11.8 Å². The maximum Gasteiger partial charge on any atom is 0.262 e. The minimum Gasteiger partial charge on any atom is -0.496 e. The number of hydrogen-bond acceptors (Lipinski definition) is 3. The lowest BCUT2D eigenvalue weighted by molar-refractivity contribution is -0.117. The van der Waals surface area contributed by atoms with Gasteiger partial charge in [0.1, 0.15) is 17.4 Å². The number of hydrogen-bond donors (Lipinski definition) is 1. The summed E-state index contributed by atoms with van der Waals surface area (Å²) in [4.78, 5) is 11.8. The number of nitriles is 1. The van der Waals surface area contributed by atoms with Gasteiger partial charge < -0.3 is 10.1 Å². The Morgan fingerprint density at radius 2 is 2.32 bits per heavy atom. The van der Waals surface area contributed by atoms with Crippen LogP contribution in [-0.4, -0.2) is 19.1 Å². The third-order valence-electron chi connectivity index (χ3n) is 2.76. The Balaban J connectivity index is 2.19. The Hall–Kier alpha value is -1.80. The summed E-state index contributed by atoms with van der Waals surface area (Å²) in [5.41, 5.74) is 0.888. The fourth-order valence-corrected chi connectivity index (χ4v) is 2.14. The van der Waals surface area contributed by atoms with E-state index in [-0.39, 0.29) is 17.5 Å². The van der Waals surface area contributed by atoms with E-state index in [9.17, 15) is 4.79 Å². The Labute approximate surface area is 120 Å². The topological polar surface area (TPSA) is 62.1 Å². The lowest BCUT2D eigenvalue weighted by Gasteiger charge is -2.04. The Morgan fingerprint density at radius 1 is 1.58 bits per heavy atom. The third-order valence-corrected chi connectivity index (χ3v) is 3.38. The zero-order valence-electron chi connectivity index (χ0n) is 10.4. The van der Waals surface area contributed by atoms with Crippen LogP contribution in [0.25, 0.3) is 6.08 Å². The number of ether oxygens (including phenoxy) is 1. The van der Waals surface area contributed by atoms with Gasteiger partial charge >= 0.3 is 0 Å². The van der Waals surface area contributed by atoms with E-state index in [1.54, 1.807) is 31.4 Å². The molecule has 0 aliphatic heterocycles. The van der Waals surface area contributed by atoms with Gasteiger partial charge in [-0.25, -0.2) is 0 Å². The quantitative estimate of drug-likeness (QED) is 0.685. The van der Waals surface area contributed by atoms with Crippen molar-refractivity contribution in [1.82, 2.24) is 5.32 Å². The number of amides is 1. The molecule has 0 aromatic heterocycles. The normalized spacial score (nSPS) is 14.7. The molecule has 1 aromatic rings. The van der Waals surface area contributed by atoms with Gasteiger partial charge in [-0.3, -0.25) is 4.79 Å². The van der Waals surface area contributed by atoms with Crippen molar-refractivity contribution in [2.75, 3.05) is 7.11 Å². The number of nitrogens with zero attached hydrogens (tertiary/aromatic N) is 1.